The zero-order valence-corrected chi connectivity index (χ0v) is 9.25. The number of aromatic amines is 2. The summed E-state index contributed by atoms with van der Waals surface area (Å²) >= 11 is 0. The number of hydrogen-bond acceptors (Lipinski definition) is 4. The van der Waals surface area contributed by atoms with Gasteiger partial charge in [-0.1, -0.05) is 16.4 Å². The van der Waals surface area contributed by atoms with Gasteiger partial charge < -0.3 is 20.4 Å². The van der Waals surface area contributed by atoms with E-state index in [4.69, 9.17) is 10.4 Å². The maximum absolute atomic E-state index is 8.65. The van der Waals surface area contributed by atoms with Gasteiger partial charge >= 0.3 is 0 Å². The lowest BCUT2D eigenvalue weighted by Gasteiger charge is -1.96. The van der Waals surface area contributed by atoms with Crippen molar-refractivity contribution in [1.29, 1.82) is 0 Å². The normalized spacial score (nSPS) is 12.4. The van der Waals surface area contributed by atoms with E-state index in [1.807, 2.05) is 12.1 Å². The highest BCUT2D eigenvalue weighted by Gasteiger charge is 2.10. The smallest absolute Gasteiger partial charge is 0.0756 e. The maximum atomic E-state index is 8.65. The molecule has 4 N–H and O–H groups in total. The SMILES string of the molecule is O/N=C\c1c[nH]c2c1ccc1[nH]cc(/C=N/O)c12. The van der Waals surface area contributed by atoms with Crippen LogP contribution in [0.5, 0.6) is 0 Å². The van der Waals surface area contributed by atoms with Crippen molar-refractivity contribution >= 4 is 34.2 Å². The molecule has 18 heavy (non-hydrogen) atoms. The third-order valence-corrected chi connectivity index (χ3v) is 2.95. The summed E-state index contributed by atoms with van der Waals surface area (Å²) in [4.78, 5) is 6.24. The molecule has 0 atom stereocenters. The molecular weight excluding hydrogens is 232 g/mol. The van der Waals surface area contributed by atoms with Crippen molar-refractivity contribution < 1.29 is 10.4 Å². The van der Waals surface area contributed by atoms with E-state index in [2.05, 4.69) is 20.3 Å². The molecule has 0 fully saturated rings. The Kier molecular flexibility index (Phi) is 2.26. The molecule has 0 saturated carbocycles. The van der Waals surface area contributed by atoms with E-state index in [-0.39, 0.29) is 0 Å². The Hall–Kier alpha value is -2.76. The van der Waals surface area contributed by atoms with Gasteiger partial charge in [-0.25, -0.2) is 0 Å². The van der Waals surface area contributed by atoms with E-state index in [9.17, 15) is 0 Å². The molecule has 0 amide bonds. The number of nitrogens with zero attached hydrogens (tertiary/aromatic N) is 2. The lowest BCUT2D eigenvalue weighted by Crippen LogP contribution is -1.80. The van der Waals surface area contributed by atoms with Gasteiger partial charge in [-0.2, -0.15) is 0 Å². The van der Waals surface area contributed by atoms with Crippen LogP contribution in [0.3, 0.4) is 0 Å². The molecule has 0 spiro atoms. The molecule has 3 rings (SSSR count). The number of oxime groups is 2. The highest BCUT2D eigenvalue weighted by molar-refractivity contribution is 6.15. The number of fused-ring (bicyclic) bond motifs is 3. The van der Waals surface area contributed by atoms with Gasteiger partial charge in [0.05, 0.1) is 17.9 Å². The van der Waals surface area contributed by atoms with Crippen molar-refractivity contribution in [2.45, 2.75) is 0 Å². The average Bonchev–Trinajstić information content (AvgIpc) is 2.95. The molecule has 1 aromatic carbocycles. The third-order valence-electron chi connectivity index (χ3n) is 2.95. The number of rotatable bonds is 2. The second-order valence-corrected chi connectivity index (χ2v) is 3.89. The first-order valence-corrected chi connectivity index (χ1v) is 5.31. The zero-order chi connectivity index (χ0) is 12.5. The van der Waals surface area contributed by atoms with Gasteiger partial charge in [-0.3, -0.25) is 0 Å². The Morgan fingerprint density at radius 1 is 0.944 bits per heavy atom. The second-order valence-electron chi connectivity index (χ2n) is 3.89. The molecule has 2 heterocycles. The van der Waals surface area contributed by atoms with Crippen LogP contribution in [0.15, 0.2) is 34.8 Å². The Balaban J connectivity index is 2.41. The third kappa shape index (κ3) is 1.36. The van der Waals surface area contributed by atoms with Gasteiger partial charge in [0.25, 0.3) is 0 Å². The standard InChI is InChI=1S/C12H10N4O2/c17-15-5-7-3-14-12-9(7)1-2-10-11(12)8(4-13-10)6-16-18/h1-6,13-14,17-18H/b15-5-,16-6+. The second kappa shape index (κ2) is 3.92. The Morgan fingerprint density at radius 2 is 1.67 bits per heavy atom. The molecule has 90 valence electrons. The van der Waals surface area contributed by atoms with E-state index in [0.29, 0.717) is 0 Å². The van der Waals surface area contributed by atoms with E-state index < -0.39 is 0 Å². The summed E-state index contributed by atoms with van der Waals surface area (Å²) in [7, 11) is 0. The predicted molar refractivity (Wildman–Crippen MR) is 68.9 cm³/mol. The Labute approximate surface area is 101 Å². The molecule has 3 aromatic rings. The molecular formula is C12H10N4O2. The first-order valence-electron chi connectivity index (χ1n) is 5.31. The van der Waals surface area contributed by atoms with Gasteiger partial charge in [-0.15, -0.1) is 0 Å². The topological polar surface area (TPSA) is 96.8 Å². The Bertz CT molecular complexity index is 767. The van der Waals surface area contributed by atoms with Crippen molar-refractivity contribution in [2.75, 3.05) is 0 Å². The molecule has 0 radical (unpaired) electrons. The van der Waals surface area contributed by atoms with Crippen molar-refractivity contribution in [2.24, 2.45) is 10.3 Å². The van der Waals surface area contributed by atoms with E-state index >= 15 is 0 Å². The number of benzene rings is 1. The molecule has 2 aromatic heterocycles. The zero-order valence-electron chi connectivity index (χ0n) is 9.25. The fraction of sp³-hybridized carbons (Fsp3) is 0. The van der Waals surface area contributed by atoms with E-state index in [1.54, 1.807) is 12.4 Å². The minimum atomic E-state index is 0.785. The summed E-state index contributed by atoms with van der Waals surface area (Å²) in [6.07, 6.45) is 6.28. The molecule has 0 aliphatic heterocycles. The van der Waals surface area contributed by atoms with Crippen molar-refractivity contribution in [3.05, 3.63) is 35.7 Å². The molecule has 6 heteroatoms. The van der Waals surface area contributed by atoms with Gasteiger partial charge in [0, 0.05) is 39.8 Å². The quantitative estimate of drug-likeness (QED) is 0.315. The lowest BCUT2D eigenvalue weighted by atomic mass is 10.1. The molecule has 0 aliphatic rings. The van der Waals surface area contributed by atoms with Crippen LogP contribution in [0.25, 0.3) is 21.8 Å². The van der Waals surface area contributed by atoms with Crippen LogP contribution in [0.1, 0.15) is 11.1 Å². The van der Waals surface area contributed by atoms with Crippen LogP contribution in [0, 0.1) is 0 Å². The highest BCUT2D eigenvalue weighted by Crippen LogP contribution is 2.28. The largest absolute Gasteiger partial charge is 0.411 e. The van der Waals surface area contributed by atoms with Gasteiger partial charge in [-0.05, 0) is 6.07 Å². The lowest BCUT2D eigenvalue weighted by molar-refractivity contribution is 0.321. The fourth-order valence-electron chi connectivity index (χ4n) is 2.20. The Morgan fingerprint density at radius 3 is 2.44 bits per heavy atom. The first kappa shape index (κ1) is 10.4. The van der Waals surface area contributed by atoms with Gasteiger partial charge in [0.1, 0.15) is 0 Å². The van der Waals surface area contributed by atoms with E-state index in [0.717, 1.165) is 32.9 Å². The van der Waals surface area contributed by atoms with Crippen LogP contribution in [-0.2, 0) is 0 Å². The maximum Gasteiger partial charge on any atom is 0.0756 e. The highest BCUT2D eigenvalue weighted by atomic mass is 16.4. The number of nitrogens with one attached hydrogen (secondary N) is 2. The summed E-state index contributed by atoms with van der Waals surface area (Å²) in [5.74, 6) is 0. The predicted octanol–water partition coefficient (Wildman–Crippen LogP) is 2.27. The van der Waals surface area contributed by atoms with Crippen LogP contribution >= 0.6 is 0 Å². The summed E-state index contributed by atoms with van der Waals surface area (Å²) in [5.41, 5.74) is 3.42. The molecule has 0 bridgehead atoms. The number of aromatic nitrogens is 2. The summed E-state index contributed by atoms with van der Waals surface area (Å²) < 4.78 is 0. The van der Waals surface area contributed by atoms with Gasteiger partial charge in [0.15, 0.2) is 0 Å². The summed E-state index contributed by atoms with van der Waals surface area (Å²) in [6, 6.07) is 3.86. The van der Waals surface area contributed by atoms with Crippen LogP contribution < -0.4 is 0 Å². The minimum absolute atomic E-state index is 0.785. The summed E-state index contributed by atoms with van der Waals surface area (Å²) in [5, 5.41) is 25.2. The molecule has 0 saturated heterocycles. The number of H-pyrrole nitrogens is 2. The van der Waals surface area contributed by atoms with Crippen LogP contribution in [0.2, 0.25) is 0 Å². The minimum Gasteiger partial charge on any atom is -0.411 e. The monoisotopic (exact) mass is 242 g/mol. The molecule has 6 nitrogen and oxygen atoms in total. The number of hydrogen-bond donors (Lipinski definition) is 4. The van der Waals surface area contributed by atoms with Crippen molar-refractivity contribution in [3.8, 4) is 0 Å². The average molecular weight is 242 g/mol. The summed E-state index contributed by atoms with van der Waals surface area (Å²) in [6.45, 7) is 0. The molecule has 0 aliphatic carbocycles. The van der Waals surface area contributed by atoms with E-state index in [1.165, 1.54) is 12.4 Å². The van der Waals surface area contributed by atoms with Crippen molar-refractivity contribution in [1.82, 2.24) is 9.97 Å². The van der Waals surface area contributed by atoms with Gasteiger partial charge in [0.2, 0.25) is 0 Å². The van der Waals surface area contributed by atoms with Crippen molar-refractivity contribution in [3.63, 3.8) is 0 Å². The molecule has 0 unspecified atom stereocenters. The van der Waals surface area contributed by atoms with Crippen LogP contribution in [0.4, 0.5) is 0 Å². The first-order chi connectivity index (χ1) is 8.85. The van der Waals surface area contributed by atoms with Crippen LogP contribution in [-0.4, -0.2) is 32.8 Å². The fourth-order valence-corrected chi connectivity index (χ4v) is 2.20.